The Labute approximate surface area is 149 Å². The van der Waals surface area contributed by atoms with Crippen LogP contribution in [0.2, 0.25) is 0 Å². The Kier molecular flexibility index (Phi) is 5.97. The van der Waals surface area contributed by atoms with Gasteiger partial charge in [-0.1, -0.05) is 19.1 Å². The van der Waals surface area contributed by atoms with Gasteiger partial charge in [-0.2, -0.15) is 0 Å². The first-order valence-corrected chi connectivity index (χ1v) is 9.30. The van der Waals surface area contributed by atoms with Gasteiger partial charge in [0, 0.05) is 6.54 Å². The minimum absolute atomic E-state index is 0.0389. The second-order valence-corrected chi connectivity index (χ2v) is 7.42. The Morgan fingerprint density at radius 1 is 1.28 bits per heavy atom. The lowest BCUT2D eigenvalue weighted by Gasteiger charge is -2.28. The number of likely N-dealkylation sites (tertiary alicyclic amines) is 1. The molecule has 1 N–H and O–H groups in total. The molecule has 1 aliphatic carbocycles. The van der Waals surface area contributed by atoms with Crippen LogP contribution in [-0.4, -0.2) is 48.4 Å². The van der Waals surface area contributed by atoms with Crippen molar-refractivity contribution in [3.63, 3.8) is 0 Å². The van der Waals surface area contributed by atoms with Crippen LogP contribution in [0.25, 0.3) is 0 Å². The van der Waals surface area contributed by atoms with Crippen LogP contribution in [-0.2, 0) is 9.53 Å². The van der Waals surface area contributed by atoms with Gasteiger partial charge in [-0.25, -0.2) is 0 Å². The van der Waals surface area contributed by atoms with Gasteiger partial charge in [0.15, 0.2) is 0 Å². The number of rotatable bonds is 5. The minimum atomic E-state index is -0.490. The third-order valence-corrected chi connectivity index (χ3v) is 5.48. The molecule has 0 aromatic heterocycles. The van der Waals surface area contributed by atoms with Crippen LogP contribution < -0.4 is 4.74 Å². The van der Waals surface area contributed by atoms with Gasteiger partial charge in [-0.05, 0) is 55.7 Å². The minimum Gasteiger partial charge on any atom is -0.497 e. The van der Waals surface area contributed by atoms with Gasteiger partial charge in [0.05, 0.1) is 25.4 Å². The quantitative estimate of drug-likeness (QED) is 0.890. The molecule has 0 bridgehead atoms. The lowest BCUT2D eigenvalue weighted by Crippen LogP contribution is -2.36. The third kappa shape index (κ3) is 4.53. The molecule has 1 saturated heterocycles. The second-order valence-electron chi connectivity index (χ2n) is 7.42. The first-order chi connectivity index (χ1) is 12.1. The lowest BCUT2D eigenvalue weighted by molar-refractivity contribution is -0.140. The number of benzene rings is 1. The molecule has 0 spiro atoms. The van der Waals surface area contributed by atoms with E-state index in [0.717, 1.165) is 30.1 Å². The second kappa shape index (κ2) is 8.19. The summed E-state index contributed by atoms with van der Waals surface area (Å²) in [5.74, 6) is 1.49. The van der Waals surface area contributed by atoms with Crippen molar-refractivity contribution in [2.75, 3.05) is 20.3 Å². The molecule has 1 aromatic rings. The largest absolute Gasteiger partial charge is 0.497 e. The number of amides is 1. The average Bonchev–Trinajstić information content (AvgIpc) is 3.03. The van der Waals surface area contributed by atoms with Gasteiger partial charge in [0.25, 0.3) is 0 Å². The van der Waals surface area contributed by atoms with Gasteiger partial charge >= 0.3 is 0 Å². The number of aliphatic hydroxyl groups excluding tert-OH is 1. The number of hydrogen-bond acceptors (Lipinski definition) is 4. The fourth-order valence-corrected chi connectivity index (χ4v) is 3.92. The number of nitrogens with zero attached hydrogens (tertiary/aromatic N) is 1. The Hall–Kier alpha value is -1.59. The highest BCUT2D eigenvalue weighted by molar-refractivity contribution is 5.78. The molecule has 2 atom stereocenters. The summed E-state index contributed by atoms with van der Waals surface area (Å²) < 4.78 is 11.2. The number of ether oxygens (including phenoxy) is 2. The maximum absolute atomic E-state index is 12.7. The summed E-state index contributed by atoms with van der Waals surface area (Å²) >= 11 is 0. The maximum Gasteiger partial charge on any atom is 0.249 e. The molecule has 3 rings (SSSR count). The van der Waals surface area contributed by atoms with Crippen LogP contribution in [0.5, 0.6) is 5.75 Å². The smallest absolute Gasteiger partial charge is 0.249 e. The molecular weight excluding hydrogens is 318 g/mol. The molecule has 1 saturated carbocycles. The topological polar surface area (TPSA) is 59.0 Å². The van der Waals surface area contributed by atoms with E-state index in [1.165, 1.54) is 12.8 Å². The first-order valence-electron chi connectivity index (χ1n) is 9.30. The van der Waals surface area contributed by atoms with E-state index >= 15 is 0 Å². The third-order valence-electron chi connectivity index (χ3n) is 5.48. The molecule has 0 radical (unpaired) electrons. The zero-order valence-electron chi connectivity index (χ0n) is 15.2. The monoisotopic (exact) mass is 347 g/mol. The van der Waals surface area contributed by atoms with Crippen molar-refractivity contribution < 1.29 is 19.4 Å². The lowest BCUT2D eigenvalue weighted by atomic mass is 9.89. The highest BCUT2D eigenvalue weighted by atomic mass is 16.5. The summed E-state index contributed by atoms with van der Waals surface area (Å²) in [6, 6.07) is 7.60. The van der Waals surface area contributed by atoms with E-state index < -0.39 is 6.10 Å². The summed E-state index contributed by atoms with van der Waals surface area (Å²) in [6.45, 7) is 2.74. The van der Waals surface area contributed by atoms with Crippen LogP contribution >= 0.6 is 0 Å². The van der Waals surface area contributed by atoms with Crippen molar-refractivity contribution in [2.24, 2.45) is 5.92 Å². The summed E-state index contributed by atoms with van der Waals surface area (Å²) in [5, 5.41) is 10.1. The van der Waals surface area contributed by atoms with E-state index in [9.17, 15) is 9.90 Å². The van der Waals surface area contributed by atoms with Gasteiger partial charge in [-0.3, -0.25) is 4.79 Å². The van der Waals surface area contributed by atoms with Crippen LogP contribution in [0.15, 0.2) is 24.3 Å². The molecule has 2 fully saturated rings. The van der Waals surface area contributed by atoms with Gasteiger partial charge < -0.3 is 19.5 Å². The summed E-state index contributed by atoms with van der Waals surface area (Å²) in [6.07, 6.45) is 4.69. The van der Waals surface area contributed by atoms with Crippen molar-refractivity contribution in [1.82, 2.24) is 4.90 Å². The molecule has 1 aliphatic heterocycles. The molecule has 1 heterocycles. The fraction of sp³-hybridized carbons (Fsp3) is 0.650. The summed E-state index contributed by atoms with van der Waals surface area (Å²) in [4.78, 5) is 14.4. The summed E-state index contributed by atoms with van der Waals surface area (Å²) in [5.41, 5.74) is 0.996. The normalized spacial score (nSPS) is 29.6. The number of aliphatic hydroxyl groups is 1. The van der Waals surface area contributed by atoms with Crippen LogP contribution in [0.4, 0.5) is 0 Å². The van der Waals surface area contributed by atoms with Gasteiger partial charge in [0.1, 0.15) is 12.4 Å². The van der Waals surface area contributed by atoms with E-state index in [1.54, 1.807) is 12.0 Å². The predicted octanol–water partition coefficient (Wildman–Crippen LogP) is 2.92. The van der Waals surface area contributed by atoms with E-state index in [-0.39, 0.29) is 24.7 Å². The molecule has 25 heavy (non-hydrogen) atoms. The number of carbonyl (C=O) groups excluding carboxylic acids is 1. The summed E-state index contributed by atoms with van der Waals surface area (Å²) in [7, 11) is 1.63. The van der Waals surface area contributed by atoms with E-state index in [1.807, 2.05) is 24.3 Å². The highest BCUT2D eigenvalue weighted by Gasteiger charge is 2.35. The van der Waals surface area contributed by atoms with Gasteiger partial charge in [-0.15, -0.1) is 0 Å². The SMILES string of the molecule is COc1cccc([C@H]2C[C@H](O)CN2C(=O)COC2CCC(C)CC2)c1. The number of carbonyl (C=O) groups is 1. The Morgan fingerprint density at radius 3 is 2.76 bits per heavy atom. The fourth-order valence-electron chi connectivity index (χ4n) is 3.92. The number of β-amino-alcohol motifs (C(OH)–C–C–N with tert-alkyl or cyclic N) is 1. The van der Waals surface area contributed by atoms with Crippen molar-refractivity contribution in [1.29, 1.82) is 0 Å². The average molecular weight is 347 g/mol. The molecule has 1 amide bonds. The van der Waals surface area contributed by atoms with Crippen molar-refractivity contribution in [2.45, 2.75) is 57.3 Å². The molecule has 1 aromatic carbocycles. The molecule has 5 heteroatoms. The predicted molar refractivity (Wildman–Crippen MR) is 95.4 cm³/mol. The number of methoxy groups -OCH3 is 1. The molecule has 5 nitrogen and oxygen atoms in total. The molecule has 0 unspecified atom stereocenters. The Balaban J connectivity index is 1.61. The van der Waals surface area contributed by atoms with Crippen LogP contribution in [0.1, 0.15) is 50.6 Å². The molecule has 138 valence electrons. The zero-order chi connectivity index (χ0) is 17.8. The number of hydrogen-bond donors (Lipinski definition) is 1. The van der Waals surface area contributed by atoms with Crippen molar-refractivity contribution in [3.8, 4) is 5.75 Å². The Morgan fingerprint density at radius 2 is 2.04 bits per heavy atom. The highest BCUT2D eigenvalue weighted by Crippen LogP contribution is 2.34. The van der Waals surface area contributed by atoms with Crippen molar-refractivity contribution >= 4 is 5.91 Å². The Bertz CT molecular complexity index is 583. The standard InChI is InChI=1S/C20H29NO4/c1-14-6-8-17(9-7-14)25-13-20(23)21-12-16(22)11-19(21)15-4-3-5-18(10-15)24-2/h3-5,10,14,16-17,19,22H,6-9,11-13H2,1-2H3/t14?,16-,17?,19+/m0/s1. The van der Waals surface area contributed by atoms with Crippen LogP contribution in [0.3, 0.4) is 0 Å². The first kappa shape index (κ1) is 18.2. The van der Waals surface area contributed by atoms with E-state index in [2.05, 4.69) is 6.92 Å². The van der Waals surface area contributed by atoms with Gasteiger partial charge in [0.2, 0.25) is 5.91 Å². The molecular formula is C20H29NO4. The molecule has 2 aliphatic rings. The van der Waals surface area contributed by atoms with Crippen molar-refractivity contribution in [3.05, 3.63) is 29.8 Å². The maximum atomic E-state index is 12.7. The van der Waals surface area contributed by atoms with E-state index in [4.69, 9.17) is 9.47 Å². The zero-order valence-corrected chi connectivity index (χ0v) is 15.2. The van der Waals surface area contributed by atoms with Crippen LogP contribution in [0, 0.1) is 5.92 Å². The van der Waals surface area contributed by atoms with E-state index in [0.29, 0.717) is 13.0 Å².